The summed E-state index contributed by atoms with van der Waals surface area (Å²) in [6, 6.07) is 6.67. The van der Waals surface area contributed by atoms with Crippen LogP contribution in [0.5, 0.6) is 0 Å². The van der Waals surface area contributed by atoms with Crippen molar-refractivity contribution < 1.29 is 22.4 Å². The van der Waals surface area contributed by atoms with E-state index in [1.807, 2.05) is 0 Å². The maximum absolute atomic E-state index is 13.9. The monoisotopic (exact) mass is 298 g/mol. The lowest BCUT2D eigenvalue weighted by Gasteiger charge is -2.17. The fraction of sp³-hybridized carbons (Fsp3) is 0.0714. The minimum atomic E-state index is -4.93. The predicted octanol–water partition coefficient (Wildman–Crippen LogP) is 3.19. The molecule has 0 spiro atoms. The van der Waals surface area contributed by atoms with Crippen LogP contribution in [0.4, 0.5) is 23.2 Å². The van der Waals surface area contributed by atoms with Crippen molar-refractivity contribution in [3.8, 4) is 11.1 Å². The first-order valence-corrected chi connectivity index (χ1v) is 5.77. The van der Waals surface area contributed by atoms with Gasteiger partial charge in [-0.2, -0.15) is 13.2 Å². The van der Waals surface area contributed by atoms with Gasteiger partial charge in [0.25, 0.3) is 0 Å². The first-order chi connectivity index (χ1) is 9.71. The Morgan fingerprint density at radius 3 is 2.05 bits per heavy atom. The van der Waals surface area contributed by atoms with Crippen molar-refractivity contribution in [1.82, 2.24) is 0 Å². The molecule has 2 rings (SSSR count). The summed E-state index contributed by atoms with van der Waals surface area (Å²) in [6.07, 6.45) is -4.93. The van der Waals surface area contributed by atoms with Crippen molar-refractivity contribution in [2.75, 3.05) is 5.73 Å². The van der Waals surface area contributed by atoms with Gasteiger partial charge in [0.2, 0.25) is 5.91 Å². The van der Waals surface area contributed by atoms with E-state index in [0.29, 0.717) is 5.69 Å². The van der Waals surface area contributed by atoms with Crippen molar-refractivity contribution in [1.29, 1.82) is 0 Å². The van der Waals surface area contributed by atoms with E-state index >= 15 is 0 Å². The molecular formula is C14H10F4N2O. The van der Waals surface area contributed by atoms with E-state index in [-0.39, 0.29) is 5.56 Å². The number of carbonyl (C=O) groups excluding carboxylic acids is 1. The number of primary amides is 1. The van der Waals surface area contributed by atoms with E-state index < -0.39 is 34.6 Å². The quantitative estimate of drug-likeness (QED) is 0.660. The fourth-order valence-electron chi connectivity index (χ4n) is 2.01. The van der Waals surface area contributed by atoms with Gasteiger partial charge in [-0.15, -0.1) is 0 Å². The molecular weight excluding hydrogens is 288 g/mol. The molecule has 0 heterocycles. The average Bonchev–Trinajstić information content (AvgIpc) is 2.38. The fourth-order valence-corrected chi connectivity index (χ4v) is 2.01. The molecule has 0 aromatic heterocycles. The van der Waals surface area contributed by atoms with Crippen molar-refractivity contribution in [2.45, 2.75) is 6.18 Å². The summed E-state index contributed by atoms with van der Waals surface area (Å²) in [5, 5.41) is 0. The van der Waals surface area contributed by atoms with E-state index in [1.54, 1.807) is 0 Å². The third-order valence-corrected chi connectivity index (χ3v) is 2.90. The highest BCUT2D eigenvalue weighted by molar-refractivity contribution is 5.96. The molecule has 0 aliphatic carbocycles. The summed E-state index contributed by atoms with van der Waals surface area (Å²) < 4.78 is 53.6. The maximum Gasteiger partial charge on any atom is 0.417 e. The third-order valence-electron chi connectivity index (χ3n) is 2.90. The largest absolute Gasteiger partial charge is 0.417 e. The van der Waals surface area contributed by atoms with E-state index in [2.05, 4.69) is 0 Å². The second-order valence-electron chi connectivity index (χ2n) is 4.33. The molecule has 0 aliphatic heterocycles. The number of halogens is 4. The Labute approximate surface area is 117 Å². The highest BCUT2D eigenvalue weighted by Gasteiger charge is 2.39. The molecule has 3 nitrogen and oxygen atoms in total. The van der Waals surface area contributed by atoms with Crippen LogP contribution in [-0.4, -0.2) is 5.91 Å². The molecule has 0 atom stereocenters. The highest BCUT2D eigenvalue weighted by atomic mass is 19.4. The van der Waals surface area contributed by atoms with Crippen molar-refractivity contribution in [3.63, 3.8) is 0 Å². The summed E-state index contributed by atoms with van der Waals surface area (Å²) in [5.74, 6) is -2.38. The van der Waals surface area contributed by atoms with Crippen molar-refractivity contribution >= 4 is 11.6 Å². The highest BCUT2D eigenvalue weighted by Crippen LogP contribution is 2.40. The molecule has 2 aromatic rings. The van der Waals surface area contributed by atoms with E-state index in [4.69, 9.17) is 11.5 Å². The zero-order valence-electron chi connectivity index (χ0n) is 10.5. The minimum absolute atomic E-state index is 0.0443. The Kier molecular flexibility index (Phi) is 3.59. The van der Waals surface area contributed by atoms with Gasteiger partial charge in [0.05, 0.1) is 11.1 Å². The van der Waals surface area contributed by atoms with Gasteiger partial charge in [0, 0.05) is 11.3 Å². The predicted molar refractivity (Wildman–Crippen MR) is 69.8 cm³/mol. The van der Waals surface area contributed by atoms with Gasteiger partial charge in [-0.05, 0) is 29.8 Å². The zero-order chi connectivity index (χ0) is 15.8. The number of nitrogens with two attached hydrogens (primary N) is 2. The first kappa shape index (κ1) is 14.8. The van der Waals surface area contributed by atoms with Crippen LogP contribution >= 0.6 is 0 Å². The van der Waals surface area contributed by atoms with Crippen LogP contribution in [0.25, 0.3) is 11.1 Å². The number of alkyl halides is 3. The van der Waals surface area contributed by atoms with Gasteiger partial charge in [0.1, 0.15) is 5.82 Å². The molecule has 4 N–H and O–H groups in total. The van der Waals surface area contributed by atoms with E-state index in [1.165, 1.54) is 24.3 Å². The topological polar surface area (TPSA) is 69.1 Å². The van der Waals surface area contributed by atoms with Crippen LogP contribution in [0.1, 0.15) is 15.9 Å². The second kappa shape index (κ2) is 5.08. The molecule has 21 heavy (non-hydrogen) atoms. The van der Waals surface area contributed by atoms with Gasteiger partial charge >= 0.3 is 6.18 Å². The second-order valence-corrected chi connectivity index (χ2v) is 4.33. The van der Waals surface area contributed by atoms with E-state index in [0.717, 1.165) is 12.1 Å². The molecule has 0 saturated heterocycles. The molecule has 0 aliphatic rings. The molecule has 1 amide bonds. The van der Waals surface area contributed by atoms with Crippen molar-refractivity contribution in [2.24, 2.45) is 5.73 Å². The Morgan fingerprint density at radius 1 is 1.00 bits per heavy atom. The summed E-state index contributed by atoms with van der Waals surface area (Å²) in [5.41, 5.74) is 7.79. The number of carbonyl (C=O) groups is 1. The summed E-state index contributed by atoms with van der Waals surface area (Å²) in [6.45, 7) is 0. The number of rotatable bonds is 2. The number of anilines is 1. The van der Waals surface area contributed by atoms with Gasteiger partial charge < -0.3 is 11.5 Å². The number of hydrogen-bond acceptors (Lipinski definition) is 2. The lowest BCUT2D eigenvalue weighted by atomic mass is 9.94. The van der Waals surface area contributed by atoms with Crippen LogP contribution in [0, 0.1) is 5.82 Å². The number of nitrogen functional groups attached to an aromatic ring is 1. The number of hydrogen-bond donors (Lipinski definition) is 2. The third kappa shape index (κ3) is 2.81. The normalized spacial score (nSPS) is 11.4. The Balaban J connectivity index is 2.83. The Morgan fingerprint density at radius 2 is 1.57 bits per heavy atom. The SMILES string of the molecule is NC(=O)c1ccc(F)c(-c2ccc(N)cc2)c1C(F)(F)F. The van der Waals surface area contributed by atoms with Crippen LogP contribution < -0.4 is 11.5 Å². The molecule has 110 valence electrons. The van der Waals surface area contributed by atoms with Gasteiger partial charge in [-0.3, -0.25) is 4.79 Å². The van der Waals surface area contributed by atoms with Crippen LogP contribution in [0.15, 0.2) is 36.4 Å². The molecule has 0 bridgehead atoms. The number of benzene rings is 2. The smallest absolute Gasteiger partial charge is 0.399 e. The van der Waals surface area contributed by atoms with Crippen molar-refractivity contribution in [3.05, 3.63) is 53.3 Å². The van der Waals surface area contributed by atoms with Gasteiger partial charge in [-0.1, -0.05) is 12.1 Å². The average molecular weight is 298 g/mol. The van der Waals surface area contributed by atoms with Crippen LogP contribution in [0.2, 0.25) is 0 Å². The lowest BCUT2D eigenvalue weighted by molar-refractivity contribution is -0.137. The Bertz CT molecular complexity index is 693. The molecule has 0 saturated carbocycles. The van der Waals surface area contributed by atoms with Gasteiger partial charge in [-0.25, -0.2) is 4.39 Å². The Hall–Kier alpha value is -2.57. The molecule has 0 fully saturated rings. The summed E-state index contributed by atoms with van der Waals surface area (Å²) in [7, 11) is 0. The van der Waals surface area contributed by atoms with E-state index in [9.17, 15) is 22.4 Å². The minimum Gasteiger partial charge on any atom is -0.399 e. The number of amides is 1. The maximum atomic E-state index is 13.9. The summed E-state index contributed by atoms with van der Waals surface area (Å²) >= 11 is 0. The first-order valence-electron chi connectivity index (χ1n) is 5.77. The van der Waals surface area contributed by atoms with Crippen LogP contribution in [0.3, 0.4) is 0 Å². The molecule has 7 heteroatoms. The molecule has 2 aromatic carbocycles. The molecule has 0 radical (unpaired) electrons. The zero-order valence-corrected chi connectivity index (χ0v) is 10.5. The summed E-state index contributed by atoms with van der Waals surface area (Å²) in [4.78, 5) is 11.2. The van der Waals surface area contributed by atoms with Crippen LogP contribution in [-0.2, 0) is 6.18 Å². The van der Waals surface area contributed by atoms with Gasteiger partial charge in [0.15, 0.2) is 0 Å². The molecule has 0 unspecified atom stereocenters. The lowest BCUT2D eigenvalue weighted by Crippen LogP contribution is -2.20. The standard InChI is InChI=1S/C14H10F4N2O/c15-10-6-5-9(13(20)21)12(14(16,17)18)11(10)7-1-3-8(19)4-2-7/h1-6H,19H2,(H2,20,21).